The lowest BCUT2D eigenvalue weighted by Crippen LogP contribution is -2.29. The van der Waals surface area contributed by atoms with Gasteiger partial charge in [0, 0.05) is 0 Å². The van der Waals surface area contributed by atoms with Gasteiger partial charge in [-0.15, -0.1) is 0 Å². The first kappa shape index (κ1) is 21.9. The van der Waals surface area contributed by atoms with Crippen molar-refractivity contribution in [3.8, 4) is 0 Å². The van der Waals surface area contributed by atoms with Crippen molar-refractivity contribution < 1.29 is 0 Å². The highest BCUT2D eigenvalue weighted by atomic mass is 14.8. The summed E-state index contributed by atoms with van der Waals surface area (Å²) in [6, 6.07) is 0. The van der Waals surface area contributed by atoms with Crippen molar-refractivity contribution in [3.05, 3.63) is 0 Å². The fourth-order valence-electron chi connectivity index (χ4n) is 3.17. The molecule has 4 N–H and O–H groups in total. The van der Waals surface area contributed by atoms with E-state index in [0.717, 1.165) is 12.3 Å². The predicted octanol–water partition coefficient (Wildman–Crippen LogP) is 6.13. The fourth-order valence-corrected chi connectivity index (χ4v) is 3.17. The van der Waals surface area contributed by atoms with E-state index in [4.69, 9.17) is 11.5 Å². The molecule has 0 aromatic rings. The van der Waals surface area contributed by atoms with Crippen LogP contribution in [0.2, 0.25) is 0 Å². The van der Waals surface area contributed by atoms with Crippen molar-refractivity contribution in [2.24, 2.45) is 17.4 Å². The van der Waals surface area contributed by atoms with Gasteiger partial charge >= 0.3 is 0 Å². The van der Waals surface area contributed by atoms with Crippen LogP contribution in [-0.2, 0) is 0 Å². The number of rotatable bonds is 17. The van der Waals surface area contributed by atoms with Gasteiger partial charge < -0.3 is 11.5 Å². The van der Waals surface area contributed by atoms with Crippen LogP contribution in [0, 0.1) is 5.92 Å². The fraction of sp³-hybridized carbons (Fsp3) is 1.00. The molecule has 1 unspecified atom stereocenters. The second kappa shape index (κ2) is 17.3. The topological polar surface area (TPSA) is 52.0 Å². The third kappa shape index (κ3) is 18.0. The molecule has 0 rings (SSSR count). The van der Waals surface area contributed by atoms with E-state index in [2.05, 4.69) is 13.8 Å². The summed E-state index contributed by atoms with van der Waals surface area (Å²) in [6.45, 7) is 4.72. The molecule has 0 heterocycles. The Labute approximate surface area is 140 Å². The van der Waals surface area contributed by atoms with Crippen LogP contribution in [0.4, 0.5) is 0 Å². The smallest absolute Gasteiger partial charge is 0.0520 e. The average molecular weight is 313 g/mol. The van der Waals surface area contributed by atoms with E-state index in [0.29, 0.717) is 0 Å². The van der Waals surface area contributed by atoms with E-state index >= 15 is 0 Å². The predicted molar refractivity (Wildman–Crippen MR) is 101 cm³/mol. The molecule has 0 saturated heterocycles. The van der Waals surface area contributed by atoms with Gasteiger partial charge in [-0.25, -0.2) is 0 Å². The molecule has 0 saturated carbocycles. The summed E-state index contributed by atoms with van der Waals surface area (Å²) < 4.78 is 0. The second-order valence-electron chi connectivity index (χ2n) is 7.38. The Hall–Kier alpha value is -0.0800. The van der Waals surface area contributed by atoms with Crippen molar-refractivity contribution in [2.45, 2.75) is 123 Å². The third-order valence-electron chi connectivity index (χ3n) is 4.78. The van der Waals surface area contributed by atoms with E-state index in [-0.39, 0.29) is 6.17 Å². The Bertz CT molecular complexity index is 204. The molecule has 0 aliphatic carbocycles. The first-order chi connectivity index (χ1) is 10.7. The molecule has 0 aliphatic heterocycles. The van der Waals surface area contributed by atoms with Crippen LogP contribution in [0.25, 0.3) is 0 Å². The molecule has 0 radical (unpaired) electrons. The molecule has 1 atom stereocenters. The average Bonchev–Trinajstić information content (AvgIpc) is 2.48. The maximum atomic E-state index is 5.55. The number of nitrogens with two attached hydrogens (primary N) is 2. The van der Waals surface area contributed by atoms with Gasteiger partial charge in [-0.3, -0.25) is 0 Å². The maximum Gasteiger partial charge on any atom is 0.0520 e. The van der Waals surface area contributed by atoms with Crippen LogP contribution in [-0.4, -0.2) is 6.17 Å². The third-order valence-corrected chi connectivity index (χ3v) is 4.78. The van der Waals surface area contributed by atoms with Gasteiger partial charge in [0.25, 0.3) is 0 Å². The Morgan fingerprint density at radius 2 is 0.909 bits per heavy atom. The zero-order valence-corrected chi connectivity index (χ0v) is 15.6. The molecule has 0 amide bonds. The zero-order valence-electron chi connectivity index (χ0n) is 15.6. The summed E-state index contributed by atoms with van der Waals surface area (Å²) in [5, 5.41) is 0. The molecule has 22 heavy (non-hydrogen) atoms. The lowest BCUT2D eigenvalue weighted by atomic mass is 9.96. The van der Waals surface area contributed by atoms with Gasteiger partial charge in [-0.1, -0.05) is 110 Å². The monoisotopic (exact) mass is 312 g/mol. The van der Waals surface area contributed by atoms with Gasteiger partial charge in [0.2, 0.25) is 0 Å². The molecule has 0 spiro atoms. The second-order valence-corrected chi connectivity index (χ2v) is 7.38. The minimum atomic E-state index is -0.106. The summed E-state index contributed by atoms with van der Waals surface area (Å²) in [7, 11) is 0. The molecule has 134 valence electrons. The SMILES string of the molecule is CCCCCCCCCCCC(C)CCCCCCC(N)N. The molecule has 0 aromatic heterocycles. The van der Waals surface area contributed by atoms with Gasteiger partial charge in [-0.2, -0.15) is 0 Å². The van der Waals surface area contributed by atoms with Crippen LogP contribution in [0.3, 0.4) is 0 Å². The standard InChI is InChI=1S/C20H44N2/c1-3-4-5-6-7-8-9-10-13-16-19(2)17-14-11-12-15-18-20(21)22/h19-20H,3-18,21-22H2,1-2H3. The number of hydrogen-bond donors (Lipinski definition) is 2. The van der Waals surface area contributed by atoms with Gasteiger partial charge in [0.1, 0.15) is 0 Å². The molecule has 2 nitrogen and oxygen atoms in total. The number of hydrogen-bond acceptors (Lipinski definition) is 2. The highest BCUT2D eigenvalue weighted by molar-refractivity contribution is 4.57. The molecule has 0 aromatic carbocycles. The van der Waals surface area contributed by atoms with Crippen molar-refractivity contribution in [2.75, 3.05) is 0 Å². The highest BCUT2D eigenvalue weighted by Crippen LogP contribution is 2.18. The lowest BCUT2D eigenvalue weighted by Gasteiger charge is -2.11. The van der Waals surface area contributed by atoms with Crippen LogP contribution < -0.4 is 11.5 Å². The summed E-state index contributed by atoms with van der Waals surface area (Å²) in [5.41, 5.74) is 11.1. The van der Waals surface area contributed by atoms with Crippen LogP contribution in [0.1, 0.15) is 117 Å². The Balaban J connectivity index is 3.14. The van der Waals surface area contributed by atoms with E-state index in [1.807, 2.05) is 0 Å². The summed E-state index contributed by atoms with van der Waals surface area (Å²) >= 11 is 0. The molecular weight excluding hydrogens is 268 g/mol. The van der Waals surface area contributed by atoms with Gasteiger partial charge in [-0.05, 0) is 12.3 Å². The van der Waals surface area contributed by atoms with E-state index in [1.54, 1.807) is 0 Å². The zero-order chi connectivity index (χ0) is 16.5. The van der Waals surface area contributed by atoms with Gasteiger partial charge in [0.05, 0.1) is 6.17 Å². The first-order valence-electron chi connectivity index (χ1n) is 10.2. The highest BCUT2D eigenvalue weighted by Gasteiger charge is 2.02. The molecule has 0 bridgehead atoms. The van der Waals surface area contributed by atoms with Crippen molar-refractivity contribution in [1.29, 1.82) is 0 Å². The Morgan fingerprint density at radius 1 is 0.545 bits per heavy atom. The largest absolute Gasteiger partial charge is 0.316 e. The van der Waals surface area contributed by atoms with Crippen molar-refractivity contribution in [3.63, 3.8) is 0 Å². The molecule has 0 fully saturated rings. The van der Waals surface area contributed by atoms with Gasteiger partial charge in [0.15, 0.2) is 0 Å². The summed E-state index contributed by atoms with van der Waals surface area (Å²) in [4.78, 5) is 0. The summed E-state index contributed by atoms with van der Waals surface area (Å²) in [6.07, 6.45) is 21.9. The maximum absolute atomic E-state index is 5.55. The minimum Gasteiger partial charge on any atom is -0.316 e. The Kier molecular flexibility index (Phi) is 17.2. The molecular formula is C20H44N2. The van der Waals surface area contributed by atoms with E-state index < -0.39 is 0 Å². The quantitative estimate of drug-likeness (QED) is 0.251. The molecule has 2 heteroatoms. The molecule has 0 aliphatic rings. The normalized spacial score (nSPS) is 13.0. The van der Waals surface area contributed by atoms with Crippen molar-refractivity contribution >= 4 is 0 Å². The van der Waals surface area contributed by atoms with Crippen LogP contribution in [0.15, 0.2) is 0 Å². The number of unbranched alkanes of at least 4 members (excludes halogenated alkanes) is 11. The van der Waals surface area contributed by atoms with Crippen molar-refractivity contribution in [1.82, 2.24) is 0 Å². The minimum absolute atomic E-state index is 0.106. The van der Waals surface area contributed by atoms with E-state index in [9.17, 15) is 0 Å². The Morgan fingerprint density at radius 3 is 1.32 bits per heavy atom. The lowest BCUT2D eigenvalue weighted by molar-refractivity contribution is 0.429. The van der Waals surface area contributed by atoms with Crippen LogP contribution in [0.5, 0.6) is 0 Å². The summed E-state index contributed by atoms with van der Waals surface area (Å²) in [5.74, 6) is 0.918. The first-order valence-corrected chi connectivity index (χ1v) is 10.2. The van der Waals surface area contributed by atoms with Crippen LogP contribution >= 0.6 is 0 Å². The van der Waals surface area contributed by atoms with E-state index in [1.165, 1.54) is 96.3 Å².